The lowest BCUT2D eigenvalue weighted by Crippen LogP contribution is -2.34. The van der Waals surface area contributed by atoms with Crippen molar-refractivity contribution >= 4 is 21.6 Å². The highest BCUT2D eigenvalue weighted by atomic mass is 32.2. The Labute approximate surface area is 118 Å². The monoisotopic (exact) mass is 294 g/mol. The quantitative estimate of drug-likeness (QED) is 0.889. The van der Waals surface area contributed by atoms with E-state index in [4.69, 9.17) is 0 Å². The fourth-order valence-electron chi connectivity index (χ4n) is 2.57. The third-order valence-corrected chi connectivity index (χ3v) is 5.68. The minimum atomic E-state index is -3.52. The Balaban J connectivity index is 1.89. The van der Waals surface area contributed by atoms with Crippen molar-refractivity contribution in [2.45, 2.75) is 43.5 Å². The summed E-state index contributed by atoms with van der Waals surface area (Å²) < 4.78 is 27.4. The number of carbonyl (C=O) groups excluding carboxylic acids is 1. The first-order valence-electron chi connectivity index (χ1n) is 6.85. The van der Waals surface area contributed by atoms with E-state index in [1.807, 2.05) is 6.92 Å². The number of amides is 1. The van der Waals surface area contributed by atoms with Gasteiger partial charge in [-0.25, -0.2) is 13.1 Å². The maximum Gasteiger partial charge on any atom is 0.240 e. The molecule has 1 aromatic rings. The average molecular weight is 294 g/mol. The summed E-state index contributed by atoms with van der Waals surface area (Å²) in [6, 6.07) is 4.76. The molecule has 0 aromatic heterocycles. The van der Waals surface area contributed by atoms with E-state index >= 15 is 0 Å². The molecule has 0 saturated heterocycles. The SMILES string of the molecule is C[C@@H]1C(=O)Nc2ccc(S(=O)(=O)N[C@H](C)C3CC3)cc21. The highest BCUT2D eigenvalue weighted by Crippen LogP contribution is 2.35. The highest BCUT2D eigenvalue weighted by molar-refractivity contribution is 7.89. The van der Waals surface area contributed by atoms with Crippen LogP contribution in [0.2, 0.25) is 0 Å². The Morgan fingerprint density at radius 3 is 2.70 bits per heavy atom. The molecular formula is C14H18N2O3S. The van der Waals surface area contributed by atoms with Crippen molar-refractivity contribution in [2.75, 3.05) is 5.32 Å². The van der Waals surface area contributed by atoms with Gasteiger partial charge in [0, 0.05) is 11.7 Å². The molecule has 0 bridgehead atoms. The Kier molecular flexibility index (Phi) is 3.10. The van der Waals surface area contributed by atoms with Crippen LogP contribution < -0.4 is 10.0 Å². The maximum absolute atomic E-state index is 12.3. The van der Waals surface area contributed by atoms with Crippen LogP contribution in [0.1, 0.15) is 38.2 Å². The van der Waals surface area contributed by atoms with Gasteiger partial charge in [0.2, 0.25) is 15.9 Å². The van der Waals surface area contributed by atoms with Crippen molar-refractivity contribution < 1.29 is 13.2 Å². The van der Waals surface area contributed by atoms with Crippen LogP contribution in [0, 0.1) is 5.92 Å². The van der Waals surface area contributed by atoms with E-state index in [9.17, 15) is 13.2 Å². The number of nitrogens with one attached hydrogen (secondary N) is 2. The third kappa shape index (κ3) is 2.33. The largest absolute Gasteiger partial charge is 0.325 e. The number of hydrogen-bond acceptors (Lipinski definition) is 3. The highest BCUT2D eigenvalue weighted by Gasteiger charge is 2.32. The fraction of sp³-hybridized carbons (Fsp3) is 0.500. The molecule has 6 heteroatoms. The summed E-state index contributed by atoms with van der Waals surface area (Å²) in [5.74, 6) is 0.0660. The van der Waals surface area contributed by atoms with Gasteiger partial charge >= 0.3 is 0 Å². The molecule has 3 rings (SSSR count). The Morgan fingerprint density at radius 1 is 1.35 bits per heavy atom. The predicted octanol–water partition coefficient (Wildman–Crippen LogP) is 1.82. The van der Waals surface area contributed by atoms with Crippen LogP contribution in [-0.4, -0.2) is 20.4 Å². The van der Waals surface area contributed by atoms with Crippen molar-refractivity contribution in [2.24, 2.45) is 5.92 Å². The van der Waals surface area contributed by atoms with E-state index in [2.05, 4.69) is 10.0 Å². The minimum absolute atomic E-state index is 0.0366. The first-order valence-corrected chi connectivity index (χ1v) is 8.34. The van der Waals surface area contributed by atoms with E-state index in [0.29, 0.717) is 11.6 Å². The molecule has 0 radical (unpaired) electrons. The van der Waals surface area contributed by atoms with Crippen molar-refractivity contribution in [1.82, 2.24) is 4.72 Å². The van der Waals surface area contributed by atoms with Gasteiger partial charge in [0.25, 0.3) is 0 Å². The summed E-state index contributed by atoms with van der Waals surface area (Å²) in [4.78, 5) is 11.8. The van der Waals surface area contributed by atoms with Gasteiger partial charge in [-0.05, 0) is 56.4 Å². The second kappa shape index (κ2) is 4.56. The molecule has 2 atom stereocenters. The summed E-state index contributed by atoms with van der Waals surface area (Å²) in [7, 11) is -3.52. The zero-order chi connectivity index (χ0) is 14.5. The van der Waals surface area contributed by atoms with E-state index < -0.39 is 10.0 Å². The number of anilines is 1. The van der Waals surface area contributed by atoms with Crippen molar-refractivity contribution in [3.8, 4) is 0 Å². The third-order valence-electron chi connectivity index (χ3n) is 4.12. The van der Waals surface area contributed by atoms with Crippen molar-refractivity contribution in [3.05, 3.63) is 23.8 Å². The summed E-state index contributed by atoms with van der Waals surface area (Å²) in [5, 5.41) is 2.74. The molecule has 108 valence electrons. The van der Waals surface area contributed by atoms with Gasteiger partial charge in [-0.2, -0.15) is 0 Å². The zero-order valence-corrected chi connectivity index (χ0v) is 12.3. The standard InChI is InChI=1S/C14H18N2O3S/c1-8-12-7-11(5-6-13(12)15-14(8)17)20(18,19)16-9(2)10-3-4-10/h5-10,16H,3-4H2,1-2H3,(H,15,17)/t8-,9+/m0/s1. The topological polar surface area (TPSA) is 75.3 Å². The van der Waals surface area contributed by atoms with Gasteiger partial charge in [-0.15, -0.1) is 0 Å². The molecule has 1 saturated carbocycles. The van der Waals surface area contributed by atoms with Gasteiger partial charge in [-0.1, -0.05) is 0 Å². The van der Waals surface area contributed by atoms with Gasteiger partial charge < -0.3 is 5.32 Å². The summed E-state index contributed by atoms with van der Waals surface area (Å²) >= 11 is 0. The molecule has 1 fully saturated rings. The molecular weight excluding hydrogens is 276 g/mol. The Bertz CT molecular complexity index is 665. The number of carbonyl (C=O) groups is 1. The summed E-state index contributed by atoms with van der Waals surface area (Å²) in [5.41, 5.74) is 1.45. The molecule has 1 heterocycles. The Morgan fingerprint density at radius 2 is 2.05 bits per heavy atom. The average Bonchev–Trinajstić information content (AvgIpc) is 3.18. The van der Waals surface area contributed by atoms with Gasteiger partial charge in [0.15, 0.2) is 0 Å². The van der Waals surface area contributed by atoms with Gasteiger partial charge in [-0.3, -0.25) is 4.79 Å². The number of rotatable bonds is 4. The summed E-state index contributed by atoms with van der Waals surface area (Å²) in [6.45, 7) is 3.67. The summed E-state index contributed by atoms with van der Waals surface area (Å²) in [6.07, 6.45) is 2.17. The lowest BCUT2D eigenvalue weighted by atomic mass is 10.0. The van der Waals surface area contributed by atoms with Gasteiger partial charge in [0.1, 0.15) is 0 Å². The molecule has 0 spiro atoms. The molecule has 5 nitrogen and oxygen atoms in total. The number of hydrogen-bond donors (Lipinski definition) is 2. The number of benzene rings is 1. The molecule has 2 N–H and O–H groups in total. The number of fused-ring (bicyclic) bond motifs is 1. The van der Waals surface area contributed by atoms with E-state index in [0.717, 1.165) is 18.4 Å². The molecule has 1 aromatic carbocycles. The van der Waals surface area contributed by atoms with Crippen LogP contribution in [0.3, 0.4) is 0 Å². The first-order chi connectivity index (χ1) is 9.38. The van der Waals surface area contributed by atoms with Crippen molar-refractivity contribution in [1.29, 1.82) is 0 Å². The molecule has 1 aliphatic carbocycles. The lowest BCUT2D eigenvalue weighted by Gasteiger charge is -2.14. The van der Waals surface area contributed by atoms with Crippen LogP contribution in [0.15, 0.2) is 23.1 Å². The molecule has 2 aliphatic rings. The number of sulfonamides is 1. The minimum Gasteiger partial charge on any atom is -0.325 e. The zero-order valence-electron chi connectivity index (χ0n) is 11.5. The lowest BCUT2D eigenvalue weighted by molar-refractivity contribution is -0.116. The molecule has 20 heavy (non-hydrogen) atoms. The van der Waals surface area contributed by atoms with Crippen molar-refractivity contribution in [3.63, 3.8) is 0 Å². The van der Waals surface area contributed by atoms with Crippen LogP contribution in [0.4, 0.5) is 5.69 Å². The maximum atomic E-state index is 12.3. The molecule has 1 amide bonds. The molecule has 1 aliphatic heterocycles. The normalized spacial score (nSPS) is 23.3. The van der Waals surface area contributed by atoms with Crippen LogP contribution in [-0.2, 0) is 14.8 Å². The smallest absolute Gasteiger partial charge is 0.240 e. The van der Waals surface area contributed by atoms with E-state index in [1.165, 1.54) is 0 Å². The van der Waals surface area contributed by atoms with E-state index in [-0.39, 0.29) is 22.8 Å². The Hall–Kier alpha value is -1.40. The second-order valence-corrected chi connectivity index (χ2v) is 7.42. The predicted molar refractivity (Wildman–Crippen MR) is 76.0 cm³/mol. The van der Waals surface area contributed by atoms with Crippen LogP contribution >= 0.6 is 0 Å². The van der Waals surface area contributed by atoms with Gasteiger partial charge in [0.05, 0.1) is 10.8 Å². The van der Waals surface area contributed by atoms with E-state index in [1.54, 1.807) is 25.1 Å². The first kappa shape index (κ1) is 13.6. The van der Waals surface area contributed by atoms with Crippen LogP contribution in [0.5, 0.6) is 0 Å². The fourth-order valence-corrected chi connectivity index (χ4v) is 3.91. The van der Waals surface area contributed by atoms with Crippen LogP contribution in [0.25, 0.3) is 0 Å². The molecule has 0 unspecified atom stereocenters. The second-order valence-electron chi connectivity index (χ2n) is 5.71.